The SMILES string of the molecule is CCCC(=O)C1(C(=O)C[C@@H](CCCNC(N)=O)C(=O)Nc2ccc(COC(=O)N3CCN(c4cc5c(cc4F)c(=O)c(C(=O)O)cn5CC)CC3)cc2)CCC1. The lowest BCUT2D eigenvalue weighted by atomic mass is 9.61. The summed E-state index contributed by atoms with van der Waals surface area (Å²) in [5.41, 5.74) is 4.74. The third-order valence-electron chi connectivity index (χ3n) is 10.8. The predicted octanol–water partition coefficient (Wildman–Crippen LogP) is 4.82. The monoisotopic (exact) mass is 776 g/mol. The largest absolute Gasteiger partial charge is 0.477 e. The molecule has 0 radical (unpaired) electrons. The number of carbonyl (C=O) groups is 6. The molecule has 1 aliphatic carbocycles. The molecule has 1 saturated heterocycles. The van der Waals surface area contributed by atoms with Gasteiger partial charge in [0.1, 0.15) is 29.6 Å². The Morgan fingerprint density at radius 3 is 2.29 bits per heavy atom. The zero-order valence-electron chi connectivity index (χ0n) is 31.7. The van der Waals surface area contributed by atoms with E-state index < -0.39 is 46.2 Å². The third kappa shape index (κ3) is 9.34. The van der Waals surface area contributed by atoms with Gasteiger partial charge in [0.2, 0.25) is 11.3 Å². The number of halogens is 1. The van der Waals surface area contributed by atoms with Gasteiger partial charge in [0.25, 0.3) is 0 Å². The molecule has 2 aliphatic rings. The lowest BCUT2D eigenvalue weighted by molar-refractivity contribution is -0.148. The van der Waals surface area contributed by atoms with Gasteiger partial charge in [0, 0.05) is 75.3 Å². The van der Waals surface area contributed by atoms with E-state index in [9.17, 15) is 38.7 Å². The number of piperazine rings is 1. The molecule has 16 heteroatoms. The van der Waals surface area contributed by atoms with Crippen molar-refractivity contribution in [3.8, 4) is 0 Å². The van der Waals surface area contributed by atoms with Crippen LogP contribution in [-0.4, -0.2) is 82.9 Å². The van der Waals surface area contributed by atoms with Gasteiger partial charge in [-0.15, -0.1) is 0 Å². The van der Waals surface area contributed by atoms with Crippen molar-refractivity contribution in [2.75, 3.05) is 42.9 Å². The van der Waals surface area contributed by atoms with Crippen LogP contribution < -0.4 is 26.7 Å². The van der Waals surface area contributed by atoms with E-state index in [-0.39, 0.29) is 61.2 Å². The van der Waals surface area contributed by atoms with Crippen LogP contribution in [0.3, 0.4) is 0 Å². The summed E-state index contributed by atoms with van der Waals surface area (Å²) in [7, 11) is 0. The fraction of sp³-hybridized carbons (Fsp3) is 0.475. The van der Waals surface area contributed by atoms with Crippen molar-refractivity contribution in [2.24, 2.45) is 17.1 Å². The van der Waals surface area contributed by atoms with E-state index in [1.165, 1.54) is 17.2 Å². The maximum Gasteiger partial charge on any atom is 0.410 e. The minimum atomic E-state index is -1.38. The van der Waals surface area contributed by atoms with Crippen molar-refractivity contribution in [3.05, 3.63) is 69.8 Å². The molecule has 2 fully saturated rings. The second-order valence-corrected chi connectivity index (χ2v) is 14.4. The van der Waals surface area contributed by atoms with E-state index in [0.29, 0.717) is 74.9 Å². The summed E-state index contributed by atoms with van der Waals surface area (Å²) < 4.78 is 22.4. The maximum absolute atomic E-state index is 15.3. The van der Waals surface area contributed by atoms with Crippen LogP contribution in [0, 0.1) is 17.2 Å². The van der Waals surface area contributed by atoms with Gasteiger partial charge < -0.3 is 40.6 Å². The number of hydrogen-bond donors (Lipinski definition) is 4. The first-order valence-electron chi connectivity index (χ1n) is 19.0. The maximum atomic E-state index is 15.3. The molecule has 300 valence electrons. The van der Waals surface area contributed by atoms with Gasteiger partial charge in [-0.2, -0.15) is 0 Å². The highest BCUT2D eigenvalue weighted by atomic mass is 19.1. The summed E-state index contributed by atoms with van der Waals surface area (Å²) in [5.74, 6) is -3.45. The van der Waals surface area contributed by atoms with Gasteiger partial charge >= 0.3 is 18.1 Å². The van der Waals surface area contributed by atoms with Crippen molar-refractivity contribution >= 4 is 57.8 Å². The molecule has 5 rings (SSSR count). The van der Waals surface area contributed by atoms with Crippen LogP contribution in [-0.2, 0) is 32.3 Å². The number of carbonyl (C=O) groups excluding carboxylic acids is 5. The zero-order chi connectivity index (χ0) is 40.6. The Balaban J connectivity index is 1.15. The topological polar surface area (TPSA) is 210 Å². The summed E-state index contributed by atoms with van der Waals surface area (Å²) >= 11 is 0. The molecule has 1 atom stereocenters. The number of hydrogen-bond acceptors (Lipinski definition) is 9. The number of nitrogens with zero attached hydrogens (tertiary/aromatic N) is 3. The van der Waals surface area contributed by atoms with Crippen molar-refractivity contribution in [1.29, 1.82) is 0 Å². The zero-order valence-corrected chi connectivity index (χ0v) is 31.7. The number of rotatable bonds is 17. The number of aromatic nitrogens is 1. The lowest BCUT2D eigenvalue weighted by Gasteiger charge is -2.39. The number of aryl methyl sites for hydroxylation is 1. The second-order valence-electron chi connectivity index (χ2n) is 14.4. The number of ether oxygens (including phenoxy) is 1. The highest BCUT2D eigenvalue weighted by molar-refractivity contribution is 6.09. The minimum absolute atomic E-state index is 0.0219. The van der Waals surface area contributed by atoms with Crippen molar-refractivity contribution in [2.45, 2.75) is 78.4 Å². The molecule has 0 spiro atoms. The average Bonchev–Trinajstić information content (AvgIpc) is 3.15. The molecule has 0 unspecified atom stereocenters. The number of Topliss-reactive ketones (excluding diaryl/α,β-unsaturated/α-hetero) is 2. The summed E-state index contributed by atoms with van der Waals surface area (Å²) in [6.45, 7) is 5.32. The number of carboxylic acid groups (broad SMARTS) is 1. The van der Waals surface area contributed by atoms with Crippen LogP contribution in [0.25, 0.3) is 10.9 Å². The Labute approximate surface area is 323 Å². The van der Waals surface area contributed by atoms with E-state index in [1.807, 2.05) is 6.92 Å². The molecule has 1 aromatic heterocycles. The molecule has 1 aliphatic heterocycles. The molecule has 4 amide bonds. The van der Waals surface area contributed by atoms with Crippen molar-refractivity contribution in [3.63, 3.8) is 0 Å². The highest BCUT2D eigenvalue weighted by Crippen LogP contribution is 2.45. The van der Waals surface area contributed by atoms with Crippen molar-refractivity contribution < 1.29 is 43.0 Å². The van der Waals surface area contributed by atoms with Crippen LogP contribution in [0.2, 0.25) is 0 Å². The number of anilines is 2. The van der Waals surface area contributed by atoms with Crippen LogP contribution >= 0.6 is 0 Å². The van der Waals surface area contributed by atoms with Crippen LogP contribution in [0.5, 0.6) is 0 Å². The molecule has 2 aromatic carbocycles. The van der Waals surface area contributed by atoms with Gasteiger partial charge in [-0.25, -0.2) is 18.8 Å². The van der Waals surface area contributed by atoms with E-state index in [4.69, 9.17) is 10.5 Å². The molecule has 15 nitrogen and oxygen atoms in total. The lowest BCUT2D eigenvalue weighted by Crippen LogP contribution is -2.49. The predicted molar refractivity (Wildman–Crippen MR) is 206 cm³/mol. The molecule has 5 N–H and O–H groups in total. The average molecular weight is 777 g/mol. The van der Waals surface area contributed by atoms with Gasteiger partial charge in [0.15, 0.2) is 0 Å². The third-order valence-corrected chi connectivity index (χ3v) is 10.8. The van der Waals surface area contributed by atoms with Gasteiger partial charge in [-0.05, 0) is 68.9 Å². The first-order valence-corrected chi connectivity index (χ1v) is 19.0. The molecule has 0 bridgehead atoms. The second kappa shape index (κ2) is 18.2. The number of carboxylic acids is 1. The standard InChI is InChI=1S/C40H49FN6O9/c1-3-7-33(48)40(13-6-14-40)34(49)20-26(8-5-15-43-38(42)54)36(51)44-27-11-9-25(10-12-27)24-56-39(55)47-18-16-46(17-19-47)32-22-31-28(21-30(32)41)35(50)29(37(52)53)23-45(31)4-2/h9-12,21-23,26H,3-8,13-20,24H2,1-2H3,(H,44,51)(H,52,53)(H3,42,43,54)/t26-/m1/s1. The number of aromatic carboxylic acids is 1. The summed E-state index contributed by atoms with van der Waals surface area (Å²) in [4.78, 5) is 91.4. The number of nitrogens with one attached hydrogen (secondary N) is 2. The fourth-order valence-electron chi connectivity index (χ4n) is 7.37. The quantitative estimate of drug-likeness (QED) is 0.108. The first-order chi connectivity index (χ1) is 26.8. The molecule has 2 heterocycles. The van der Waals surface area contributed by atoms with Crippen LogP contribution in [0.4, 0.5) is 25.4 Å². The van der Waals surface area contributed by atoms with Crippen LogP contribution in [0.1, 0.15) is 81.1 Å². The van der Waals surface area contributed by atoms with Crippen LogP contribution in [0.15, 0.2) is 47.4 Å². The summed E-state index contributed by atoms with van der Waals surface area (Å²) in [6, 6.07) is 8.62. The number of benzene rings is 2. The molecule has 56 heavy (non-hydrogen) atoms. The van der Waals surface area contributed by atoms with Gasteiger partial charge in [-0.3, -0.25) is 19.2 Å². The Bertz CT molecular complexity index is 2040. The van der Waals surface area contributed by atoms with Gasteiger partial charge in [-0.1, -0.05) is 25.5 Å². The number of urea groups is 1. The molecular weight excluding hydrogens is 727 g/mol. The number of nitrogens with two attached hydrogens (primary N) is 1. The number of amides is 4. The highest BCUT2D eigenvalue weighted by Gasteiger charge is 2.49. The van der Waals surface area contributed by atoms with E-state index >= 15 is 4.39 Å². The number of fused-ring (bicyclic) bond motifs is 1. The van der Waals surface area contributed by atoms with E-state index in [2.05, 4.69) is 10.6 Å². The van der Waals surface area contributed by atoms with Gasteiger partial charge in [0.05, 0.1) is 16.6 Å². The molecule has 3 aromatic rings. The smallest absolute Gasteiger partial charge is 0.410 e. The van der Waals surface area contributed by atoms with E-state index in [1.54, 1.807) is 40.7 Å². The fourth-order valence-corrected chi connectivity index (χ4v) is 7.37. The number of pyridine rings is 1. The molecule has 1 saturated carbocycles. The number of primary amides is 1. The van der Waals surface area contributed by atoms with Crippen molar-refractivity contribution in [1.82, 2.24) is 14.8 Å². The Kier molecular flexibility index (Phi) is 13.5. The van der Waals surface area contributed by atoms with E-state index in [0.717, 1.165) is 12.5 Å². The summed E-state index contributed by atoms with van der Waals surface area (Å²) in [5, 5.41) is 14.7. The summed E-state index contributed by atoms with van der Waals surface area (Å²) in [6.07, 6.45) is 4.07. The Hall–Kier alpha value is -5.80. The first kappa shape index (κ1) is 41.4. The Morgan fingerprint density at radius 1 is 1.00 bits per heavy atom. The Morgan fingerprint density at radius 2 is 1.70 bits per heavy atom. The molecular formula is C40H49FN6O9. The number of ketones is 2. The minimum Gasteiger partial charge on any atom is -0.477 e. The normalized spacial score (nSPS) is 15.4.